The fraction of sp³-hybridized carbons (Fsp3) is 0.444. The Labute approximate surface area is 269 Å². The van der Waals surface area contributed by atoms with Crippen LogP contribution in [0.1, 0.15) is 86.2 Å². The van der Waals surface area contributed by atoms with Gasteiger partial charge in [0.05, 0.1) is 5.56 Å². The number of hydrogen-bond donors (Lipinski definition) is 1. The second-order valence-electron chi connectivity index (χ2n) is 12.1. The van der Waals surface area contributed by atoms with Crippen LogP contribution in [0.25, 0.3) is 0 Å². The zero-order valence-corrected chi connectivity index (χ0v) is 27.2. The van der Waals surface area contributed by atoms with E-state index in [1.54, 1.807) is 6.07 Å². The van der Waals surface area contributed by atoms with E-state index in [0.717, 1.165) is 87.9 Å². The smallest absolute Gasteiger partial charge is 0.336 e. The fourth-order valence-electron chi connectivity index (χ4n) is 6.60. The molecule has 7 heteroatoms. The number of aryl methyl sites for hydroxylation is 2. The molecule has 1 saturated heterocycles. The highest BCUT2D eigenvalue weighted by atomic mass is 35.5. The van der Waals surface area contributed by atoms with Crippen molar-refractivity contribution in [3.05, 3.63) is 105 Å². The lowest BCUT2D eigenvalue weighted by Crippen LogP contribution is -2.34. The molecule has 43 heavy (non-hydrogen) atoms. The van der Waals surface area contributed by atoms with Crippen molar-refractivity contribution in [2.24, 2.45) is 5.92 Å². The summed E-state index contributed by atoms with van der Waals surface area (Å²) in [4.78, 5) is 29.7. The van der Waals surface area contributed by atoms with E-state index in [4.69, 9.17) is 0 Å². The number of benzene rings is 3. The zero-order chi connectivity index (χ0) is 28.8. The number of fused-ring (bicyclic) bond motifs is 1. The number of nitrogens with zero attached hydrogens (tertiary/aromatic N) is 2. The molecule has 0 spiro atoms. The third kappa shape index (κ3) is 9.15. The number of hydrogen-bond acceptors (Lipinski definition) is 4. The Hall–Kier alpha value is -2.70. The van der Waals surface area contributed by atoms with Gasteiger partial charge in [0.1, 0.15) is 0 Å². The normalized spacial score (nSPS) is 16.0. The van der Waals surface area contributed by atoms with Crippen molar-refractivity contribution in [3.63, 3.8) is 0 Å². The summed E-state index contributed by atoms with van der Waals surface area (Å²) in [6.45, 7) is 9.92. The van der Waals surface area contributed by atoms with Crippen LogP contribution < -0.4 is 0 Å². The molecule has 1 fully saturated rings. The number of carbonyl (C=O) groups excluding carboxylic acids is 1. The van der Waals surface area contributed by atoms with Crippen LogP contribution in [0, 0.1) is 19.8 Å². The molecule has 0 atom stereocenters. The van der Waals surface area contributed by atoms with E-state index in [9.17, 15) is 14.7 Å². The number of halogens is 2. The van der Waals surface area contributed by atoms with Crippen molar-refractivity contribution in [2.45, 2.75) is 71.9 Å². The predicted molar refractivity (Wildman–Crippen MR) is 179 cm³/mol. The quantitative estimate of drug-likeness (QED) is 0.234. The number of Topliss-reactive ketones (excluding diaryl/α,β-unsaturated/α-hetero) is 1. The van der Waals surface area contributed by atoms with E-state index in [1.165, 1.54) is 22.3 Å². The van der Waals surface area contributed by atoms with E-state index < -0.39 is 5.97 Å². The summed E-state index contributed by atoms with van der Waals surface area (Å²) in [6.07, 6.45) is 6.90. The Balaban J connectivity index is 0.00000253. The van der Waals surface area contributed by atoms with Crippen molar-refractivity contribution in [1.29, 1.82) is 0 Å². The molecule has 1 N–H and O–H groups in total. The van der Waals surface area contributed by atoms with Crippen LogP contribution in [0.15, 0.2) is 60.7 Å². The largest absolute Gasteiger partial charge is 0.478 e. The molecular weight excluding hydrogens is 579 g/mol. The summed E-state index contributed by atoms with van der Waals surface area (Å²) in [5.74, 6) is 0.0611. The van der Waals surface area contributed by atoms with Gasteiger partial charge in [0.2, 0.25) is 0 Å². The molecule has 0 bridgehead atoms. The highest BCUT2D eigenvalue weighted by Crippen LogP contribution is 2.27. The van der Waals surface area contributed by atoms with Crippen LogP contribution in [-0.4, -0.2) is 52.8 Å². The van der Waals surface area contributed by atoms with E-state index in [-0.39, 0.29) is 30.6 Å². The fourth-order valence-corrected chi connectivity index (χ4v) is 6.60. The second kappa shape index (κ2) is 16.4. The van der Waals surface area contributed by atoms with Gasteiger partial charge in [0.25, 0.3) is 0 Å². The molecule has 0 saturated carbocycles. The van der Waals surface area contributed by atoms with Crippen molar-refractivity contribution in [1.82, 2.24) is 9.80 Å². The molecule has 2 aliphatic heterocycles. The van der Waals surface area contributed by atoms with Crippen molar-refractivity contribution >= 4 is 36.6 Å². The van der Waals surface area contributed by atoms with E-state index in [2.05, 4.69) is 53.1 Å². The Morgan fingerprint density at radius 2 is 1.47 bits per heavy atom. The van der Waals surface area contributed by atoms with Crippen LogP contribution in [0.5, 0.6) is 0 Å². The van der Waals surface area contributed by atoms with Gasteiger partial charge in [0, 0.05) is 38.2 Å². The third-order valence-corrected chi connectivity index (χ3v) is 9.32. The van der Waals surface area contributed by atoms with Crippen molar-refractivity contribution < 1.29 is 14.7 Å². The first-order valence-electron chi connectivity index (χ1n) is 15.3. The van der Waals surface area contributed by atoms with Gasteiger partial charge in [-0.1, -0.05) is 48.5 Å². The standard InChI is InChI=1S/C36H44N2O3.2ClH/c1-26-7-3-4-10-32(26)24-37-21-17-29-13-14-31(23-30(29)18-22-37)35(39)12-6-9-28-15-19-38(20-16-28)25-34-27(2)8-5-11-33(34)36(40)41;;/h3-5,7-8,10-11,13-14,23,28H,6,9,12,15-22,24-25H2,1-2H3,(H,40,41);2*1H. The number of likely N-dealkylation sites (tertiary alicyclic amines) is 1. The molecule has 232 valence electrons. The first-order valence-corrected chi connectivity index (χ1v) is 15.3. The second-order valence-corrected chi connectivity index (χ2v) is 12.1. The Bertz CT molecular complexity index is 1380. The molecule has 0 aliphatic carbocycles. The maximum atomic E-state index is 13.1. The number of ketones is 1. The lowest BCUT2D eigenvalue weighted by Gasteiger charge is -2.32. The first-order chi connectivity index (χ1) is 19.9. The van der Waals surface area contributed by atoms with E-state index in [1.807, 2.05) is 25.1 Å². The summed E-state index contributed by atoms with van der Waals surface area (Å²) in [7, 11) is 0. The summed E-state index contributed by atoms with van der Waals surface area (Å²) in [5, 5.41) is 9.58. The topological polar surface area (TPSA) is 60.9 Å². The number of aromatic carboxylic acids is 1. The molecule has 2 aliphatic rings. The van der Waals surface area contributed by atoms with Crippen LogP contribution in [0.2, 0.25) is 0 Å². The Morgan fingerprint density at radius 1 is 0.791 bits per heavy atom. The highest BCUT2D eigenvalue weighted by Gasteiger charge is 2.22. The van der Waals surface area contributed by atoms with Crippen LogP contribution >= 0.6 is 24.8 Å². The molecule has 3 aromatic rings. The third-order valence-electron chi connectivity index (χ3n) is 9.32. The minimum absolute atomic E-state index is 0. The van der Waals surface area contributed by atoms with Crippen LogP contribution in [0.4, 0.5) is 0 Å². The molecule has 0 unspecified atom stereocenters. The van der Waals surface area contributed by atoms with Gasteiger partial charge in [-0.15, -0.1) is 24.8 Å². The lowest BCUT2D eigenvalue weighted by molar-refractivity contribution is 0.0693. The van der Waals surface area contributed by atoms with Gasteiger partial charge in [-0.05, 0) is 117 Å². The number of carboxylic acid groups (broad SMARTS) is 1. The number of carbonyl (C=O) groups is 2. The minimum Gasteiger partial charge on any atom is -0.478 e. The molecule has 5 nitrogen and oxygen atoms in total. The monoisotopic (exact) mass is 624 g/mol. The summed E-state index contributed by atoms with van der Waals surface area (Å²) in [6, 6.07) is 20.6. The first kappa shape index (κ1) is 34.8. The van der Waals surface area contributed by atoms with Gasteiger partial charge in [-0.2, -0.15) is 0 Å². The Kier molecular flexibility index (Phi) is 13.3. The predicted octanol–water partition coefficient (Wildman–Crippen LogP) is 7.71. The maximum absolute atomic E-state index is 13.1. The van der Waals surface area contributed by atoms with Crippen molar-refractivity contribution in [2.75, 3.05) is 26.2 Å². The van der Waals surface area contributed by atoms with Gasteiger partial charge in [-0.3, -0.25) is 14.6 Å². The van der Waals surface area contributed by atoms with Gasteiger partial charge in [0.15, 0.2) is 5.78 Å². The lowest BCUT2D eigenvalue weighted by atomic mass is 9.89. The number of carboxylic acids is 1. The van der Waals surface area contributed by atoms with Gasteiger partial charge >= 0.3 is 5.97 Å². The highest BCUT2D eigenvalue weighted by molar-refractivity contribution is 5.96. The van der Waals surface area contributed by atoms with Gasteiger partial charge in [-0.25, -0.2) is 4.79 Å². The molecule has 0 aromatic heterocycles. The number of rotatable bonds is 10. The molecule has 0 amide bonds. The number of piperidine rings is 1. The van der Waals surface area contributed by atoms with Gasteiger partial charge < -0.3 is 5.11 Å². The summed E-state index contributed by atoms with van der Waals surface area (Å²) in [5.41, 5.74) is 8.76. The molecular formula is C36H46Cl2N2O3. The van der Waals surface area contributed by atoms with Crippen LogP contribution in [-0.2, 0) is 25.9 Å². The Morgan fingerprint density at radius 3 is 2.19 bits per heavy atom. The zero-order valence-electron chi connectivity index (χ0n) is 25.5. The minimum atomic E-state index is -0.849. The summed E-state index contributed by atoms with van der Waals surface area (Å²) >= 11 is 0. The summed E-state index contributed by atoms with van der Waals surface area (Å²) < 4.78 is 0. The molecule has 0 radical (unpaired) electrons. The average molecular weight is 626 g/mol. The average Bonchev–Trinajstić information content (AvgIpc) is 3.17. The molecule has 2 heterocycles. The molecule has 5 rings (SSSR count). The van der Waals surface area contributed by atoms with E-state index >= 15 is 0 Å². The van der Waals surface area contributed by atoms with E-state index in [0.29, 0.717) is 24.4 Å². The SMILES string of the molecule is Cc1ccccc1CN1CCc2ccc(C(=O)CCCC3CCN(Cc4c(C)cccc4C(=O)O)CC3)cc2CC1.Cl.Cl. The maximum Gasteiger partial charge on any atom is 0.336 e. The van der Waals surface area contributed by atoms with Crippen molar-refractivity contribution in [3.8, 4) is 0 Å². The molecule has 3 aromatic carbocycles. The van der Waals surface area contributed by atoms with Crippen LogP contribution in [0.3, 0.4) is 0 Å².